The molecule has 10 atom stereocenters. The van der Waals surface area contributed by atoms with E-state index < -0.39 is 106 Å². The number of nitrogens with two attached hydrogens (primary N) is 2. The number of diazo groups is 1. The van der Waals surface area contributed by atoms with Crippen LogP contribution in [-0.4, -0.2) is 133 Å². The highest BCUT2D eigenvalue weighted by Gasteiger charge is 2.50. The van der Waals surface area contributed by atoms with Crippen molar-refractivity contribution in [1.29, 1.82) is 5.39 Å². The van der Waals surface area contributed by atoms with E-state index in [1.54, 1.807) is 20.8 Å². The van der Waals surface area contributed by atoms with Gasteiger partial charge in [-0.25, -0.2) is 38.5 Å². The molecule has 65 heavy (non-hydrogen) atoms. The van der Waals surface area contributed by atoms with Crippen LogP contribution in [0.5, 0.6) is 0 Å². The zero-order valence-electron chi connectivity index (χ0n) is 35.7. The van der Waals surface area contributed by atoms with Gasteiger partial charge in [-0.2, -0.15) is 4.98 Å². The average molecular weight is 998 g/mol. The highest BCUT2D eigenvalue weighted by Crippen LogP contribution is 2.50. The average Bonchev–Trinajstić information content (AvgIpc) is 3.88. The van der Waals surface area contributed by atoms with Crippen molar-refractivity contribution in [1.82, 2.24) is 39.8 Å². The molecule has 5 rings (SSSR count). The van der Waals surface area contributed by atoms with Crippen LogP contribution in [0.4, 0.5) is 16.4 Å². The van der Waals surface area contributed by atoms with Crippen LogP contribution in [0.2, 0.25) is 0 Å². The minimum Gasteiger partial charge on any atom is -0.455 e. The van der Waals surface area contributed by atoms with E-state index in [4.69, 9.17) is 44.9 Å². The predicted octanol–water partition coefficient (Wildman–Crippen LogP) is 1.51. The maximum atomic E-state index is 14.2. The lowest BCUT2D eigenvalue weighted by atomic mass is 10.1. The number of anilines is 2. The van der Waals surface area contributed by atoms with Crippen molar-refractivity contribution in [3.63, 3.8) is 0 Å². The van der Waals surface area contributed by atoms with Crippen molar-refractivity contribution < 1.29 is 71.0 Å². The molecule has 0 spiro atoms. The molecule has 0 radical (unpaired) electrons. The summed E-state index contributed by atoms with van der Waals surface area (Å²) in [7, 11) is -7.59. The molecule has 360 valence electrons. The van der Waals surface area contributed by atoms with Crippen LogP contribution >= 0.6 is 37.2 Å². The van der Waals surface area contributed by atoms with E-state index in [2.05, 4.69) is 40.3 Å². The van der Waals surface area contributed by atoms with Crippen LogP contribution in [0, 0.1) is 5.39 Å². The number of hydrogen-bond acceptors (Lipinski definition) is 23. The van der Waals surface area contributed by atoms with E-state index in [9.17, 15) is 43.3 Å². The molecule has 5 heterocycles. The van der Waals surface area contributed by atoms with E-state index in [-0.39, 0.29) is 46.9 Å². The maximum Gasteiger partial charge on any atom is 0.472 e. The smallest absolute Gasteiger partial charge is 0.455 e. The van der Waals surface area contributed by atoms with Gasteiger partial charge in [0.1, 0.15) is 66.5 Å². The summed E-state index contributed by atoms with van der Waals surface area (Å²) < 4.78 is 65.6. The van der Waals surface area contributed by atoms with Crippen LogP contribution in [0.3, 0.4) is 0 Å². The number of alkyl carbamates (subject to hydrolysis) is 1. The lowest BCUT2D eigenvalue weighted by molar-refractivity contribution is -0.159. The van der Waals surface area contributed by atoms with Crippen LogP contribution in [0.15, 0.2) is 29.7 Å². The van der Waals surface area contributed by atoms with Gasteiger partial charge in [0.2, 0.25) is 0 Å². The number of esters is 1. The van der Waals surface area contributed by atoms with Gasteiger partial charge in [0.25, 0.3) is 5.39 Å². The number of carbonyl (C=O) groups is 2. The number of aromatic nitrogens is 6. The molecule has 0 bridgehead atoms. The van der Waals surface area contributed by atoms with Crippen molar-refractivity contribution >= 4 is 72.1 Å². The minimum atomic E-state index is -5.27. The number of carbonyl (C=O) groups excluding carboxylic acids is 2. The van der Waals surface area contributed by atoms with Gasteiger partial charge in [0, 0.05) is 22.6 Å². The van der Waals surface area contributed by atoms with E-state index in [0.29, 0.717) is 0 Å². The largest absolute Gasteiger partial charge is 0.472 e. The van der Waals surface area contributed by atoms with Gasteiger partial charge in [-0.1, -0.05) is 42.4 Å². The molecule has 2 aliphatic rings. The van der Waals surface area contributed by atoms with Crippen molar-refractivity contribution in [2.75, 3.05) is 31.2 Å². The van der Waals surface area contributed by atoms with Gasteiger partial charge in [-0.3, -0.25) is 22.7 Å². The van der Waals surface area contributed by atoms with Gasteiger partial charge in [0.15, 0.2) is 23.8 Å². The number of ether oxygens (including phenoxy) is 4. The number of aliphatic hydroxyl groups excluding tert-OH is 1. The first kappa shape index (κ1) is 51.8. The monoisotopic (exact) mass is 997 g/mol. The van der Waals surface area contributed by atoms with E-state index in [1.807, 2.05) is 20.8 Å². The number of hydrogen-bond donors (Lipinski definition) is 8. The third-order valence-electron chi connectivity index (χ3n) is 8.94. The Balaban J connectivity index is 1.42. The van der Waals surface area contributed by atoms with Crippen molar-refractivity contribution in [2.24, 2.45) is 0 Å². The Bertz CT molecular complexity index is 2360. The number of nitrogen functional groups attached to an aromatic ring is 2. The molecular weight excluding hydrogens is 947 g/mol. The zero-order chi connectivity index (χ0) is 48.1. The van der Waals surface area contributed by atoms with Crippen LogP contribution in [-0.2, 0) is 46.4 Å². The molecule has 32 heteroatoms. The van der Waals surface area contributed by atoms with Gasteiger partial charge < -0.3 is 55.5 Å². The number of nitrogens with zero attached hydrogens (tertiary/aromatic N) is 8. The number of nitrogens with one attached hydrogen (secondary N) is 2. The second-order valence-electron chi connectivity index (χ2n) is 16.5. The first-order valence-corrected chi connectivity index (χ1v) is 24.7. The van der Waals surface area contributed by atoms with Crippen LogP contribution < -0.4 is 27.9 Å². The number of imidazole rings is 1. The normalized spacial score (nSPS) is 24.5. The first-order valence-electron chi connectivity index (χ1n) is 19.5. The molecule has 3 aromatic rings. The van der Waals surface area contributed by atoms with Gasteiger partial charge >= 0.3 is 38.5 Å². The third-order valence-corrected chi connectivity index (χ3v) is 14.3. The Morgan fingerprint density at radius 2 is 1.77 bits per heavy atom. The molecule has 28 nitrogen and oxygen atoms in total. The van der Waals surface area contributed by atoms with Gasteiger partial charge in [-0.05, 0) is 38.7 Å². The van der Waals surface area contributed by atoms with E-state index in [0.717, 1.165) is 10.9 Å². The first-order chi connectivity index (χ1) is 30.2. The standard InChI is InChI=1S/C33H50N12O16P2S2/c1-32(2,3)60-31(49)41-17(9-16(11-40-43-36)64-65-33(4,5)6)29(47)59-25-20(58-28(24(25)46)45-15-39-23-26(35)37-14-38-27(23)45)13-56-63(53,54)61-18-10-22(44-8-7-21(34)42-30(44)48)57-19(18)12-55-62(50,51)52/h7-8,14-20,22,24-25,28,40,46H,9-13H2,1-6H3,(H7-,34,35,37,38,41,42,48,49,50,51,52,53,54)/p+1/t16?,17-,18-,19+,20+,22+,24+,25+,28+/m0/s1. The molecule has 2 saturated heterocycles. The molecular formula is C33H51N12O16P2S2+. The fourth-order valence-electron chi connectivity index (χ4n) is 6.26. The third kappa shape index (κ3) is 14.9. The fraction of sp³-hybridized carbons (Fsp3) is 0.667. The SMILES string of the molecule is CC(C)(C)OC(=O)N[C@@H](CC(CN[N+]#N)SSC(C)(C)C)C(=O)O[C@H]1[C@@H](O)[C@H](n2cnc3c(N)ncnc32)O[C@@H]1COP(=O)(O)O[C@H]1C[C@H](n2ccc(N)nc2=O)O[C@@H]1COP(=O)(O)O. The maximum absolute atomic E-state index is 14.2. The van der Waals surface area contributed by atoms with E-state index >= 15 is 0 Å². The molecule has 0 aliphatic carbocycles. The molecule has 10 N–H and O–H groups in total. The topological polar surface area (TPSA) is 397 Å². The van der Waals surface area contributed by atoms with Crippen LogP contribution in [0.1, 0.15) is 66.8 Å². The Hall–Kier alpha value is -4.21. The highest BCUT2D eigenvalue weighted by atomic mass is 33.1. The summed E-state index contributed by atoms with van der Waals surface area (Å²) in [6.45, 7) is 8.91. The lowest BCUT2D eigenvalue weighted by Gasteiger charge is -2.28. The number of phosphoric acid groups is 2. The lowest BCUT2D eigenvalue weighted by Crippen LogP contribution is -2.49. The zero-order valence-corrected chi connectivity index (χ0v) is 39.1. The Morgan fingerprint density at radius 3 is 2.42 bits per heavy atom. The quantitative estimate of drug-likeness (QED) is 0.0277. The molecule has 0 aromatic carbocycles. The van der Waals surface area contributed by atoms with Crippen molar-refractivity contribution in [3.8, 4) is 0 Å². The molecule has 2 aliphatic heterocycles. The summed E-state index contributed by atoms with van der Waals surface area (Å²) in [6, 6.07) is -0.206. The molecule has 3 aromatic heterocycles. The number of phosphoric ester groups is 2. The summed E-state index contributed by atoms with van der Waals surface area (Å²) in [5, 5.41) is 25.9. The van der Waals surface area contributed by atoms with Gasteiger partial charge in [0.05, 0.1) is 19.5 Å². The number of fused-ring (bicyclic) bond motifs is 1. The minimum absolute atomic E-state index is 0.0146. The highest BCUT2D eigenvalue weighted by molar-refractivity contribution is 8.77. The fourth-order valence-corrected chi connectivity index (χ4v) is 10.1. The molecule has 1 amide bonds. The number of aliphatic hydroxyl groups is 1. The van der Waals surface area contributed by atoms with Crippen molar-refractivity contribution in [3.05, 3.63) is 40.5 Å². The Morgan fingerprint density at radius 1 is 1.06 bits per heavy atom. The predicted molar refractivity (Wildman–Crippen MR) is 229 cm³/mol. The summed E-state index contributed by atoms with van der Waals surface area (Å²) in [4.78, 5) is 85.5. The summed E-state index contributed by atoms with van der Waals surface area (Å²) >= 11 is 0. The molecule has 2 unspecified atom stereocenters. The Kier molecular flexibility index (Phi) is 16.9. The number of rotatable bonds is 19. The van der Waals surface area contributed by atoms with Gasteiger partial charge in [-0.15, -0.1) is 0 Å². The summed E-state index contributed by atoms with van der Waals surface area (Å²) in [6.07, 6.45) is -8.72. The molecule has 0 saturated carbocycles. The van der Waals surface area contributed by atoms with E-state index in [1.165, 1.54) is 44.7 Å². The molecule has 2 fully saturated rings. The second kappa shape index (κ2) is 21.2. The van der Waals surface area contributed by atoms with Crippen LogP contribution in [0.25, 0.3) is 16.2 Å². The number of amides is 1. The summed E-state index contributed by atoms with van der Waals surface area (Å²) in [5.41, 5.74) is 12.3. The Labute approximate surface area is 378 Å². The summed E-state index contributed by atoms with van der Waals surface area (Å²) in [5.74, 6) is -1.24. The second-order valence-corrected chi connectivity index (χ2v) is 22.4. The van der Waals surface area contributed by atoms with Crippen molar-refractivity contribution in [2.45, 2.75) is 119 Å².